The van der Waals surface area contributed by atoms with Crippen molar-refractivity contribution in [3.05, 3.63) is 11.5 Å². The Labute approximate surface area is 128 Å². The van der Waals surface area contributed by atoms with Crippen LogP contribution in [0.25, 0.3) is 0 Å². The third-order valence-corrected chi connectivity index (χ3v) is 3.88. The second-order valence-corrected chi connectivity index (χ2v) is 5.33. The molecule has 2 heterocycles. The molecule has 0 saturated carbocycles. The van der Waals surface area contributed by atoms with Crippen molar-refractivity contribution >= 4 is 29.5 Å². The van der Waals surface area contributed by atoms with Gasteiger partial charge in [-0.1, -0.05) is 18.5 Å². The normalized spacial score (nSPS) is 17.6. The van der Waals surface area contributed by atoms with Crippen molar-refractivity contribution in [2.24, 2.45) is 0 Å². The van der Waals surface area contributed by atoms with Crippen molar-refractivity contribution in [2.75, 3.05) is 42.9 Å². The smallest absolute Gasteiger partial charge is 0.211 e. The van der Waals surface area contributed by atoms with E-state index in [1.807, 2.05) is 6.92 Å². The largest absolute Gasteiger partial charge is 0.392 e. The number of anilines is 2. The van der Waals surface area contributed by atoms with Crippen LogP contribution in [-0.4, -0.2) is 65.2 Å². The minimum absolute atomic E-state index is 0.232. The SMILES string of the molecule is CCC(O)CN1CCN(c2ncnc(Cl)c2NC=O)CC1. The van der Waals surface area contributed by atoms with Crippen LogP contribution in [0.2, 0.25) is 5.15 Å². The van der Waals surface area contributed by atoms with Gasteiger partial charge in [-0.05, 0) is 6.42 Å². The number of halogens is 1. The van der Waals surface area contributed by atoms with Crippen molar-refractivity contribution in [1.29, 1.82) is 0 Å². The Hall–Kier alpha value is -1.44. The van der Waals surface area contributed by atoms with E-state index < -0.39 is 0 Å². The summed E-state index contributed by atoms with van der Waals surface area (Å²) in [5, 5.41) is 12.5. The molecule has 7 nitrogen and oxygen atoms in total. The molecule has 1 aromatic heterocycles. The first-order valence-corrected chi connectivity index (χ1v) is 7.39. The van der Waals surface area contributed by atoms with E-state index in [4.69, 9.17) is 11.6 Å². The molecule has 0 spiro atoms. The number of β-amino-alcohol motifs (C(OH)–C–C–N with tert-alkyl or cyclic N) is 1. The van der Waals surface area contributed by atoms with E-state index in [9.17, 15) is 9.90 Å². The molecular formula is C13H20ClN5O2. The number of aliphatic hydroxyl groups excluding tert-OH is 1. The lowest BCUT2D eigenvalue weighted by Crippen LogP contribution is -2.49. The number of aliphatic hydroxyl groups is 1. The maximum absolute atomic E-state index is 10.7. The topological polar surface area (TPSA) is 81.6 Å². The molecule has 2 N–H and O–H groups in total. The summed E-state index contributed by atoms with van der Waals surface area (Å²) in [6, 6.07) is 0. The molecule has 1 amide bonds. The van der Waals surface area contributed by atoms with Crippen LogP contribution in [-0.2, 0) is 4.79 Å². The monoisotopic (exact) mass is 313 g/mol. The van der Waals surface area contributed by atoms with Crippen molar-refractivity contribution in [2.45, 2.75) is 19.4 Å². The standard InChI is InChI=1S/C13H20ClN5O2/c1-2-10(21)7-18-3-5-19(6-4-18)13-11(17-9-20)12(14)15-8-16-13/h8-10,21H,2-7H2,1H3,(H,17,20). The first kappa shape index (κ1) is 15.9. The average Bonchev–Trinajstić information content (AvgIpc) is 2.50. The zero-order valence-electron chi connectivity index (χ0n) is 12.0. The van der Waals surface area contributed by atoms with Gasteiger partial charge in [-0.3, -0.25) is 9.69 Å². The quantitative estimate of drug-likeness (QED) is 0.591. The summed E-state index contributed by atoms with van der Waals surface area (Å²) in [6.07, 6.45) is 2.44. The van der Waals surface area contributed by atoms with Crippen molar-refractivity contribution in [3.63, 3.8) is 0 Å². The number of amides is 1. The molecule has 0 bridgehead atoms. The highest BCUT2D eigenvalue weighted by molar-refractivity contribution is 6.32. The molecular weight excluding hydrogens is 294 g/mol. The number of carbonyl (C=O) groups excluding carboxylic acids is 1. The summed E-state index contributed by atoms with van der Waals surface area (Å²) < 4.78 is 0. The van der Waals surface area contributed by atoms with Crippen LogP contribution in [0, 0.1) is 0 Å². The Balaban J connectivity index is 2.02. The molecule has 116 valence electrons. The van der Waals surface area contributed by atoms with Gasteiger partial charge < -0.3 is 15.3 Å². The van der Waals surface area contributed by atoms with Crippen LogP contribution in [0.1, 0.15) is 13.3 Å². The van der Waals surface area contributed by atoms with Gasteiger partial charge in [-0.2, -0.15) is 0 Å². The van der Waals surface area contributed by atoms with Gasteiger partial charge in [0, 0.05) is 32.7 Å². The number of nitrogens with one attached hydrogen (secondary N) is 1. The molecule has 1 saturated heterocycles. The van der Waals surface area contributed by atoms with Crippen molar-refractivity contribution in [3.8, 4) is 0 Å². The van der Waals surface area contributed by atoms with Crippen LogP contribution < -0.4 is 10.2 Å². The molecule has 1 aliphatic heterocycles. The second kappa shape index (κ2) is 7.53. The molecule has 21 heavy (non-hydrogen) atoms. The van der Waals surface area contributed by atoms with Crippen LogP contribution in [0.3, 0.4) is 0 Å². The third kappa shape index (κ3) is 4.03. The predicted octanol–water partition coefficient (Wildman–Crippen LogP) is 0.591. The van der Waals surface area contributed by atoms with Crippen molar-refractivity contribution in [1.82, 2.24) is 14.9 Å². The molecule has 1 aromatic rings. The van der Waals surface area contributed by atoms with Gasteiger partial charge in [0.25, 0.3) is 0 Å². The zero-order chi connectivity index (χ0) is 15.2. The number of piperazine rings is 1. The van der Waals surface area contributed by atoms with Crippen LogP contribution >= 0.6 is 11.6 Å². The van der Waals surface area contributed by atoms with Gasteiger partial charge in [0.1, 0.15) is 12.0 Å². The fourth-order valence-corrected chi connectivity index (χ4v) is 2.53. The van der Waals surface area contributed by atoms with Gasteiger partial charge in [-0.15, -0.1) is 0 Å². The third-order valence-electron chi connectivity index (χ3n) is 3.60. The molecule has 1 aliphatic rings. The minimum Gasteiger partial charge on any atom is -0.392 e. The Morgan fingerprint density at radius 1 is 1.43 bits per heavy atom. The number of rotatable bonds is 6. The van der Waals surface area contributed by atoms with E-state index in [1.165, 1.54) is 6.33 Å². The number of hydrogen-bond acceptors (Lipinski definition) is 6. The van der Waals surface area contributed by atoms with Crippen LogP contribution in [0.5, 0.6) is 0 Å². The highest BCUT2D eigenvalue weighted by atomic mass is 35.5. The number of aromatic nitrogens is 2. The molecule has 1 unspecified atom stereocenters. The van der Waals surface area contributed by atoms with E-state index in [0.29, 0.717) is 24.5 Å². The molecule has 0 aliphatic carbocycles. The maximum Gasteiger partial charge on any atom is 0.211 e. The van der Waals surface area contributed by atoms with Crippen molar-refractivity contribution < 1.29 is 9.90 Å². The Morgan fingerprint density at radius 2 is 2.14 bits per heavy atom. The molecule has 0 aromatic carbocycles. The van der Waals surface area contributed by atoms with E-state index in [2.05, 4.69) is 25.1 Å². The summed E-state index contributed by atoms with van der Waals surface area (Å²) in [5.74, 6) is 0.637. The number of hydrogen-bond donors (Lipinski definition) is 2. The summed E-state index contributed by atoms with van der Waals surface area (Å²) >= 11 is 6.00. The number of carbonyl (C=O) groups is 1. The van der Waals surface area contributed by atoms with Gasteiger partial charge >= 0.3 is 0 Å². The van der Waals surface area contributed by atoms with E-state index >= 15 is 0 Å². The highest BCUT2D eigenvalue weighted by Crippen LogP contribution is 2.29. The maximum atomic E-state index is 10.7. The second-order valence-electron chi connectivity index (χ2n) is 4.98. The van der Waals surface area contributed by atoms with E-state index in [1.54, 1.807) is 0 Å². The lowest BCUT2D eigenvalue weighted by Gasteiger charge is -2.36. The molecule has 0 radical (unpaired) electrons. The highest BCUT2D eigenvalue weighted by Gasteiger charge is 2.22. The van der Waals surface area contributed by atoms with Gasteiger partial charge in [0.05, 0.1) is 6.10 Å². The Kier molecular flexibility index (Phi) is 5.72. The first-order chi connectivity index (χ1) is 10.2. The predicted molar refractivity (Wildman–Crippen MR) is 81.7 cm³/mol. The molecule has 8 heteroatoms. The van der Waals surface area contributed by atoms with E-state index in [0.717, 1.165) is 32.6 Å². The van der Waals surface area contributed by atoms with Gasteiger partial charge in [-0.25, -0.2) is 9.97 Å². The summed E-state index contributed by atoms with van der Waals surface area (Å²) in [5.41, 5.74) is 0.441. The minimum atomic E-state index is -0.280. The van der Waals surface area contributed by atoms with Crippen LogP contribution in [0.4, 0.5) is 11.5 Å². The number of nitrogens with zero attached hydrogens (tertiary/aromatic N) is 4. The Bertz CT molecular complexity index is 480. The molecule has 1 atom stereocenters. The summed E-state index contributed by atoms with van der Waals surface area (Å²) in [7, 11) is 0. The fraction of sp³-hybridized carbons (Fsp3) is 0.615. The summed E-state index contributed by atoms with van der Waals surface area (Å²) in [4.78, 5) is 23.1. The van der Waals surface area contributed by atoms with Gasteiger partial charge in [0.15, 0.2) is 11.0 Å². The molecule has 1 fully saturated rings. The van der Waals surface area contributed by atoms with E-state index in [-0.39, 0.29) is 11.3 Å². The first-order valence-electron chi connectivity index (χ1n) is 7.01. The zero-order valence-corrected chi connectivity index (χ0v) is 12.8. The fourth-order valence-electron chi connectivity index (χ4n) is 2.35. The molecule has 2 rings (SSSR count). The van der Waals surface area contributed by atoms with Gasteiger partial charge in [0.2, 0.25) is 6.41 Å². The average molecular weight is 314 g/mol. The lowest BCUT2D eigenvalue weighted by atomic mass is 10.2. The van der Waals surface area contributed by atoms with Crippen LogP contribution in [0.15, 0.2) is 6.33 Å². The summed E-state index contributed by atoms with van der Waals surface area (Å²) in [6.45, 7) is 5.85. The lowest BCUT2D eigenvalue weighted by molar-refractivity contribution is -0.105. The Morgan fingerprint density at radius 3 is 2.76 bits per heavy atom.